The van der Waals surface area contributed by atoms with Gasteiger partial charge in [0.1, 0.15) is 0 Å². The van der Waals surface area contributed by atoms with Crippen LogP contribution in [0.25, 0.3) is 0 Å². The van der Waals surface area contributed by atoms with Crippen LogP contribution < -0.4 is 12.4 Å². The molecule has 0 aromatic rings. The minimum absolute atomic E-state index is 0. The number of Topliss-reactive ketones (excluding diaryl/α,β-unsaturated/α-hetero) is 24. The molecule has 0 aliphatic heterocycles. The summed E-state index contributed by atoms with van der Waals surface area (Å²) in [6, 6.07) is -4.12. The van der Waals surface area contributed by atoms with E-state index in [9.17, 15) is 144 Å². The average Bonchev–Trinajstić information content (AvgIpc) is 3.38. The standard InChI is InChI=1S/C42H24NO30.ClH/c1-5-13(21(52)29(60)37(68)41(72)33(64)25(56)17(48)9-7-15(46)23(54)31(62)39(70)35(66)27(58)19(50)11-44)43(3,4)14(6-2)22(53)30(61)38(69)42(73)34(65)26(57)18(49)10-8-16(47)24(55)32(63)40(71)36(67)28(59)20(51)12-45;/h7-14H,5-6H2,1-4H3;1H/q+1;/p-1/b9-7-,10-8-;. The maximum atomic E-state index is 13.3. The third-order valence-corrected chi connectivity index (χ3v) is 9.06. The Labute approximate surface area is 411 Å². The third-order valence-electron chi connectivity index (χ3n) is 9.06. The number of likely N-dealkylation sites (N-methyl/N-ethyl adjacent to an activating group) is 1. The fraction of sp³-hybridized carbons (Fsp3) is 0.190. The smallest absolute Gasteiger partial charge is 0.281 e. The molecule has 0 spiro atoms. The van der Waals surface area contributed by atoms with Crippen molar-refractivity contribution in [2.45, 2.75) is 38.8 Å². The van der Waals surface area contributed by atoms with Gasteiger partial charge in [0, 0.05) is 12.8 Å². The number of hydrogen-bond donors (Lipinski definition) is 0. The maximum absolute atomic E-state index is 13.3. The van der Waals surface area contributed by atoms with Crippen LogP contribution in [0.5, 0.6) is 0 Å². The molecule has 0 aliphatic rings. The summed E-state index contributed by atoms with van der Waals surface area (Å²) < 4.78 is -1.28. The Bertz CT molecular complexity index is 2780. The van der Waals surface area contributed by atoms with E-state index >= 15 is 0 Å². The fourth-order valence-electron chi connectivity index (χ4n) is 5.28. The van der Waals surface area contributed by atoms with E-state index < -0.39 is 204 Å². The predicted octanol–water partition coefficient (Wildman–Crippen LogP) is -12.9. The molecule has 0 aromatic carbocycles. The van der Waals surface area contributed by atoms with Gasteiger partial charge in [-0.15, -0.1) is 0 Å². The highest BCUT2D eigenvalue weighted by atomic mass is 35.5. The molecule has 0 rings (SSSR count). The minimum atomic E-state index is -2.71. The SMILES string of the molecule is CCC(C(=O)C(=O)C(=O)C(=O)C(=O)C(=O)C(=O)/C=C\C(=O)C(=O)C(=O)C(=O)C(=O)C(=O)C(=O)C=O)[N+](C)(C)C(CC)C(=O)C(=O)C(=O)C(=O)C(=O)C(=O)C(=O)/C=C\C(=O)C(=O)C(=O)C(=O)C(=O)C(=O)C(=O)C=O.[Cl-]. The molecule has 2 unspecified atom stereocenters. The van der Waals surface area contributed by atoms with Crippen LogP contribution in [0.1, 0.15) is 26.7 Å². The van der Waals surface area contributed by atoms with Crippen LogP contribution in [0, 0.1) is 0 Å². The number of hydrogen-bond acceptors (Lipinski definition) is 30. The molecule has 0 aromatic heterocycles. The summed E-state index contributed by atoms with van der Waals surface area (Å²) in [4.78, 5) is 358. The van der Waals surface area contributed by atoms with Gasteiger partial charge in [-0.05, 0) is 24.3 Å². The number of allylic oxidation sites excluding steroid dienone is 4. The van der Waals surface area contributed by atoms with E-state index in [1.54, 1.807) is 0 Å². The highest BCUT2D eigenvalue weighted by molar-refractivity contribution is 7.00. The number of ketones is 28. The lowest BCUT2D eigenvalue weighted by molar-refractivity contribution is -0.920. The highest BCUT2D eigenvalue weighted by Crippen LogP contribution is 2.22. The first-order valence-electron chi connectivity index (χ1n) is 18.8. The van der Waals surface area contributed by atoms with Crippen LogP contribution in [0.4, 0.5) is 0 Å². The number of carbonyl (C=O) groups excluding carboxylic acids is 30. The Hall–Kier alpha value is -10.2. The van der Waals surface area contributed by atoms with Gasteiger partial charge in [0.2, 0.25) is 23.1 Å². The first-order chi connectivity index (χ1) is 33.5. The molecule has 0 radical (unpaired) electrons. The fourth-order valence-corrected chi connectivity index (χ4v) is 5.28. The molecule has 384 valence electrons. The number of carbonyl (C=O) groups is 30. The highest BCUT2D eigenvalue weighted by Gasteiger charge is 2.51. The number of halogens is 1. The second kappa shape index (κ2) is 27.3. The van der Waals surface area contributed by atoms with Crippen LogP contribution in [0.2, 0.25) is 0 Å². The summed E-state index contributed by atoms with van der Waals surface area (Å²) in [5, 5.41) is 0. The molecule has 2 atom stereocenters. The van der Waals surface area contributed by atoms with Crippen LogP contribution in [-0.4, -0.2) is 205 Å². The molecular formula is C42H24ClNO30. The number of rotatable bonds is 36. The van der Waals surface area contributed by atoms with Crippen molar-refractivity contribution < 1.29 is 161 Å². The summed E-state index contributed by atoms with van der Waals surface area (Å²) in [6.45, 7) is 2.14. The largest absolute Gasteiger partial charge is 1.00 e. The summed E-state index contributed by atoms with van der Waals surface area (Å²) >= 11 is 0. The van der Waals surface area contributed by atoms with Gasteiger partial charge in [-0.2, -0.15) is 0 Å². The predicted molar refractivity (Wildman–Crippen MR) is 211 cm³/mol. The van der Waals surface area contributed by atoms with Gasteiger partial charge in [-0.1, -0.05) is 13.8 Å². The zero-order valence-corrected chi connectivity index (χ0v) is 37.9. The van der Waals surface area contributed by atoms with Crippen LogP contribution in [-0.2, 0) is 144 Å². The summed E-state index contributed by atoms with van der Waals surface area (Å²) in [6.07, 6.45) is -4.09. The van der Waals surface area contributed by atoms with Crippen LogP contribution in [0.15, 0.2) is 24.3 Å². The summed E-state index contributed by atoms with van der Waals surface area (Å²) in [5.74, 6) is -68.6. The summed E-state index contributed by atoms with van der Waals surface area (Å²) in [5.41, 5.74) is 0. The van der Waals surface area contributed by atoms with Gasteiger partial charge in [0.05, 0.1) is 14.1 Å². The van der Waals surface area contributed by atoms with Gasteiger partial charge >= 0.3 is 0 Å². The molecule has 0 aliphatic carbocycles. The Balaban J connectivity index is 0. The Morgan fingerprint density at radius 1 is 0.270 bits per heavy atom. The van der Waals surface area contributed by atoms with Crippen molar-refractivity contribution >= 4 is 175 Å². The third kappa shape index (κ3) is 14.9. The van der Waals surface area contributed by atoms with E-state index in [-0.39, 0.29) is 36.7 Å². The number of quaternary nitrogens is 1. The molecule has 0 N–H and O–H groups in total. The van der Waals surface area contributed by atoms with E-state index in [4.69, 9.17) is 0 Å². The summed E-state index contributed by atoms with van der Waals surface area (Å²) in [7, 11) is 1.72. The van der Waals surface area contributed by atoms with E-state index in [0.717, 1.165) is 27.9 Å². The molecule has 0 bridgehead atoms. The molecule has 0 saturated carbocycles. The van der Waals surface area contributed by atoms with E-state index in [1.165, 1.54) is 0 Å². The van der Waals surface area contributed by atoms with Gasteiger partial charge < -0.3 is 16.9 Å². The van der Waals surface area contributed by atoms with Crippen molar-refractivity contribution in [3.05, 3.63) is 24.3 Å². The first-order valence-corrected chi connectivity index (χ1v) is 18.8. The lowest BCUT2D eigenvalue weighted by atomic mass is 9.91. The lowest BCUT2D eigenvalue weighted by Gasteiger charge is -2.41. The van der Waals surface area contributed by atoms with E-state index in [1.807, 2.05) is 0 Å². The lowest BCUT2D eigenvalue weighted by Crippen LogP contribution is -3.00. The van der Waals surface area contributed by atoms with Crippen LogP contribution in [0.3, 0.4) is 0 Å². The minimum Gasteiger partial charge on any atom is -1.00 e. The Morgan fingerprint density at radius 3 is 0.581 bits per heavy atom. The van der Waals surface area contributed by atoms with Crippen LogP contribution >= 0.6 is 0 Å². The van der Waals surface area contributed by atoms with E-state index in [2.05, 4.69) is 0 Å². The number of aldehydes is 2. The molecule has 31 nitrogen and oxygen atoms in total. The molecule has 74 heavy (non-hydrogen) atoms. The van der Waals surface area contributed by atoms with Crippen molar-refractivity contribution in [2.24, 2.45) is 0 Å². The van der Waals surface area contributed by atoms with Gasteiger partial charge in [0.25, 0.3) is 139 Å². The molecule has 32 heteroatoms. The van der Waals surface area contributed by atoms with Crippen molar-refractivity contribution in [1.82, 2.24) is 0 Å². The zero-order chi connectivity index (χ0) is 57.5. The first kappa shape index (κ1) is 65.9. The quantitative estimate of drug-likeness (QED) is 0.0185. The normalized spacial score (nSPS) is 11.3. The van der Waals surface area contributed by atoms with Gasteiger partial charge in [0.15, 0.2) is 24.7 Å². The van der Waals surface area contributed by atoms with Gasteiger partial charge in [-0.3, -0.25) is 144 Å². The molecule has 0 fully saturated rings. The second-order valence-electron chi connectivity index (χ2n) is 13.9. The number of nitrogens with zero attached hydrogens (tertiary/aromatic N) is 1. The van der Waals surface area contributed by atoms with Crippen molar-refractivity contribution in [3.8, 4) is 0 Å². The monoisotopic (exact) mass is 1060 g/mol. The van der Waals surface area contributed by atoms with Gasteiger partial charge in [-0.25, -0.2) is 0 Å². The van der Waals surface area contributed by atoms with Crippen molar-refractivity contribution in [1.29, 1.82) is 0 Å². The second-order valence-corrected chi connectivity index (χ2v) is 13.9. The Kier molecular flexibility index (Phi) is 24.3. The molecule has 0 heterocycles. The van der Waals surface area contributed by atoms with Crippen molar-refractivity contribution in [2.75, 3.05) is 14.1 Å². The average molecular weight is 1060 g/mol. The Morgan fingerprint density at radius 2 is 0.419 bits per heavy atom. The zero-order valence-electron chi connectivity index (χ0n) is 37.1. The van der Waals surface area contributed by atoms with Crippen molar-refractivity contribution in [3.63, 3.8) is 0 Å². The maximum Gasteiger partial charge on any atom is 0.281 e. The molecule has 0 amide bonds. The topological polar surface area (TPSA) is 512 Å². The molecular weight excluding hydrogens is 1030 g/mol. The molecule has 0 saturated heterocycles. The van der Waals surface area contributed by atoms with E-state index in [0.29, 0.717) is 0 Å².